The first-order valence-corrected chi connectivity index (χ1v) is 13.0. The SMILES string of the molecule is [Pt+2].[c-]1c(Oc2[c-]c(-c3ccccn3)c3ccc4ccn5c6ccccc6nc5c4c3c2)cccc1-c1ccccn1. The zero-order valence-corrected chi connectivity index (χ0v) is 23.8. The Kier molecular flexibility index (Phi) is 6.30. The van der Waals surface area contributed by atoms with Gasteiger partial charge in [-0.3, -0.25) is 4.40 Å². The van der Waals surface area contributed by atoms with Crippen molar-refractivity contribution >= 4 is 38.2 Å². The molecule has 0 amide bonds. The van der Waals surface area contributed by atoms with Gasteiger partial charge in [-0.15, -0.1) is 29.3 Å². The number of nitrogens with zero attached hydrogens (tertiary/aromatic N) is 4. The second-order valence-corrected chi connectivity index (χ2v) is 9.57. The van der Waals surface area contributed by atoms with Crippen molar-refractivity contribution in [3.8, 4) is 34.0 Å². The smallest absolute Gasteiger partial charge is 0.497 e. The summed E-state index contributed by atoms with van der Waals surface area (Å²) in [6, 6.07) is 41.1. The van der Waals surface area contributed by atoms with Crippen LogP contribution >= 0.6 is 0 Å². The topological polar surface area (TPSA) is 52.3 Å². The first-order valence-electron chi connectivity index (χ1n) is 13.0. The Morgan fingerprint density at radius 2 is 1.46 bits per heavy atom. The largest absolute Gasteiger partial charge is 2.00 e. The molecule has 0 spiro atoms. The molecular formula is C35H20N4OPt. The predicted molar refractivity (Wildman–Crippen MR) is 158 cm³/mol. The first kappa shape index (κ1) is 25.1. The molecule has 0 unspecified atom stereocenters. The predicted octanol–water partition coefficient (Wildman–Crippen LogP) is 8.31. The summed E-state index contributed by atoms with van der Waals surface area (Å²) in [6.07, 6.45) is 5.66. The van der Waals surface area contributed by atoms with Gasteiger partial charge in [-0.05, 0) is 47.1 Å². The molecule has 0 N–H and O–H groups in total. The zero-order chi connectivity index (χ0) is 26.5. The third kappa shape index (κ3) is 4.35. The van der Waals surface area contributed by atoms with Crippen LogP contribution in [0.1, 0.15) is 0 Å². The van der Waals surface area contributed by atoms with Crippen LogP contribution in [-0.4, -0.2) is 19.4 Å². The molecule has 0 aliphatic carbocycles. The minimum Gasteiger partial charge on any atom is -0.497 e. The molecule has 8 aromatic rings. The second-order valence-electron chi connectivity index (χ2n) is 9.57. The molecule has 0 aliphatic heterocycles. The number of hydrogen-bond acceptors (Lipinski definition) is 4. The molecule has 0 radical (unpaired) electrons. The van der Waals surface area contributed by atoms with Crippen LogP contribution in [-0.2, 0) is 21.1 Å². The van der Waals surface area contributed by atoms with Crippen LogP contribution in [0.15, 0.2) is 122 Å². The third-order valence-electron chi connectivity index (χ3n) is 7.14. The Morgan fingerprint density at radius 1 is 0.659 bits per heavy atom. The van der Waals surface area contributed by atoms with E-state index in [-0.39, 0.29) is 21.1 Å². The number of rotatable bonds is 4. The number of fused-ring (bicyclic) bond motifs is 7. The molecule has 0 saturated carbocycles. The Balaban J connectivity index is 0.00000276. The zero-order valence-electron chi connectivity index (χ0n) is 21.6. The first-order chi connectivity index (χ1) is 19.8. The number of para-hydroxylation sites is 2. The summed E-state index contributed by atoms with van der Waals surface area (Å²) in [6.45, 7) is 0. The summed E-state index contributed by atoms with van der Waals surface area (Å²) in [5, 5.41) is 4.21. The van der Waals surface area contributed by atoms with E-state index < -0.39 is 0 Å². The van der Waals surface area contributed by atoms with Crippen molar-refractivity contribution in [3.05, 3.63) is 134 Å². The van der Waals surface area contributed by atoms with E-state index in [0.29, 0.717) is 11.5 Å². The van der Waals surface area contributed by atoms with Gasteiger partial charge in [0.15, 0.2) is 0 Å². The van der Waals surface area contributed by atoms with Crippen LogP contribution in [0.2, 0.25) is 0 Å². The monoisotopic (exact) mass is 707 g/mol. The molecule has 4 heterocycles. The van der Waals surface area contributed by atoms with Gasteiger partial charge in [0.1, 0.15) is 5.65 Å². The van der Waals surface area contributed by atoms with E-state index in [2.05, 4.69) is 57.0 Å². The van der Waals surface area contributed by atoms with E-state index in [0.717, 1.165) is 60.7 Å². The Hall–Kier alpha value is -4.86. The van der Waals surface area contributed by atoms with Crippen molar-refractivity contribution in [2.24, 2.45) is 0 Å². The van der Waals surface area contributed by atoms with E-state index in [1.807, 2.05) is 78.9 Å². The van der Waals surface area contributed by atoms with Crippen molar-refractivity contribution < 1.29 is 25.8 Å². The Labute approximate surface area is 250 Å². The van der Waals surface area contributed by atoms with Crippen molar-refractivity contribution in [2.75, 3.05) is 0 Å². The Bertz CT molecular complexity index is 2190. The van der Waals surface area contributed by atoms with E-state index in [4.69, 9.17) is 9.72 Å². The van der Waals surface area contributed by atoms with Gasteiger partial charge in [-0.1, -0.05) is 77.5 Å². The molecule has 5 nitrogen and oxygen atoms in total. The molecule has 8 rings (SSSR count). The fourth-order valence-electron chi connectivity index (χ4n) is 5.34. The molecule has 196 valence electrons. The molecule has 6 heteroatoms. The minimum absolute atomic E-state index is 0. The molecule has 0 fully saturated rings. The summed E-state index contributed by atoms with van der Waals surface area (Å²) in [5.41, 5.74) is 6.32. The second kappa shape index (κ2) is 10.3. The summed E-state index contributed by atoms with van der Waals surface area (Å²) < 4.78 is 8.59. The average molecular weight is 708 g/mol. The number of imidazole rings is 1. The van der Waals surface area contributed by atoms with Gasteiger partial charge in [0, 0.05) is 35.5 Å². The molecule has 0 saturated heterocycles. The van der Waals surface area contributed by atoms with Gasteiger partial charge in [-0.25, -0.2) is 4.98 Å². The summed E-state index contributed by atoms with van der Waals surface area (Å²) >= 11 is 0. The maximum Gasteiger partial charge on any atom is 2.00 e. The molecule has 0 bridgehead atoms. The summed E-state index contributed by atoms with van der Waals surface area (Å²) in [4.78, 5) is 14.2. The molecule has 41 heavy (non-hydrogen) atoms. The van der Waals surface area contributed by atoms with Crippen molar-refractivity contribution in [1.29, 1.82) is 0 Å². The van der Waals surface area contributed by atoms with Crippen LogP contribution in [0.5, 0.6) is 11.5 Å². The molecule has 0 atom stereocenters. The van der Waals surface area contributed by atoms with Crippen molar-refractivity contribution in [3.63, 3.8) is 0 Å². The van der Waals surface area contributed by atoms with Gasteiger partial charge in [0.2, 0.25) is 0 Å². The van der Waals surface area contributed by atoms with Gasteiger partial charge in [-0.2, -0.15) is 0 Å². The van der Waals surface area contributed by atoms with Crippen LogP contribution in [0.25, 0.3) is 60.7 Å². The van der Waals surface area contributed by atoms with Crippen LogP contribution in [0, 0.1) is 12.1 Å². The number of pyridine rings is 3. The molecule has 4 aromatic heterocycles. The van der Waals surface area contributed by atoms with Gasteiger partial charge < -0.3 is 14.7 Å². The summed E-state index contributed by atoms with van der Waals surface area (Å²) in [5.74, 6) is 1.16. The molecule has 0 aliphatic rings. The van der Waals surface area contributed by atoms with Gasteiger partial charge in [0.25, 0.3) is 0 Å². The van der Waals surface area contributed by atoms with E-state index in [1.54, 1.807) is 12.4 Å². The standard InChI is InChI=1S/C35H20N4O.Pt/c1-2-13-33-32(12-1)38-35-34-23(16-19-39(33)35)14-15-27-28(31-11-4-6-18-37-31)21-26(22-29(27)34)40-25-9-7-8-24(20-25)30-10-3-5-17-36-30;/h1-19,22H;/q-2;+2. The quantitative estimate of drug-likeness (QED) is 0.137. The fraction of sp³-hybridized carbons (Fsp3) is 0. The van der Waals surface area contributed by atoms with Gasteiger partial charge >= 0.3 is 21.1 Å². The third-order valence-corrected chi connectivity index (χ3v) is 7.14. The number of hydrogen-bond donors (Lipinski definition) is 0. The average Bonchev–Trinajstić information content (AvgIpc) is 3.40. The molecular weight excluding hydrogens is 687 g/mol. The maximum atomic E-state index is 6.44. The van der Waals surface area contributed by atoms with E-state index in [9.17, 15) is 0 Å². The summed E-state index contributed by atoms with van der Waals surface area (Å²) in [7, 11) is 0. The van der Waals surface area contributed by atoms with E-state index >= 15 is 0 Å². The van der Waals surface area contributed by atoms with Crippen molar-refractivity contribution in [1.82, 2.24) is 19.4 Å². The molecule has 4 aromatic carbocycles. The minimum atomic E-state index is 0. The number of benzene rings is 4. The van der Waals surface area contributed by atoms with Crippen LogP contribution in [0.3, 0.4) is 0 Å². The van der Waals surface area contributed by atoms with Crippen LogP contribution < -0.4 is 4.74 Å². The number of aromatic nitrogens is 4. The van der Waals surface area contributed by atoms with Crippen LogP contribution in [0.4, 0.5) is 0 Å². The number of ether oxygens (including phenoxy) is 1. The fourth-order valence-corrected chi connectivity index (χ4v) is 5.34. The van der Waals surface area contributed by atoms with Gasteiger partial charge in [0.05, 0.1) is 11.0 Å². The Morgan fingerprint density at radius 3 is 2.29 bits per heavy atom. The normalized spacial score (nSPS) is 11.2. The van der Waals surface area contributed by atoms with E-state index in [1.165, 1.54) is 0 Å². The van der Waals surface area contributed by atoms with Crippen molar-refractivity contribution in [2.45, 2.75) is 0 Å². The maximum absolute atomic E-state index is 6.44.